The van der Waals surface area contributed by atoms with Gasteiger partial charge in [0.25, 0.3) is 0 Å². The first-order valence-corrected chi connectivity index (χ1v) is 5.35. The van der Waals surface area contributed by atoms with Crippen LogP contribution in [0.2, 0.25) is 0 Å². The van der Waals surface area contributed by atoms with Crippen molar-refractivity contribution in [1.82, 2.24) is 5.32 Å². The lowest BCUT2D eigenvalue weighted by atomic mass is 10.2. The Balaban J connectivity index is 3.32. The van der Waals surface area contributed by atoms with E-state index in [1.54, 1.807) is 0 Å². The molecule has 1 atom stereocenters. The van der Waals surface area contributed by atoms with Crippen LogP contribution in [0.3, 0.4) is 0 Å². The van der Waals surface area contributed by atoms with E-state index in [0.717, 1.165) is 6.54 Å². The van der Waals surface area contributed by atoms with E-state index in [2.05, 4.69) is 11.2 Å². The lowest BCUT2D eigenvalue weighted by molar-refractivity contribution is -0.0478. The Morgan fingerprint density at radius 2 is 2.00 bits per heavy atom. The molecule has 15 heavy (non-hydrogen) atoms. The van der Waals surface area contributed by atoms with E-state index in [1.807, 2.05) is 27.7 Å². The zero-order chi connectivity index (χ0) is 11.7. The van der Waals surface area contributed by atoms with Crippen LogP contribution in [-0.4, -0.2) is 38.0 Å². The van der Waals surface area contributed by atoms with Gasteiger partial charge in [-0.15, -0.1) is 6.42 Å². The number of terminal acetylenes is 1. The van der Waals surface area contributed by atoms with Crippen LogP contribution < -0.4 is 5.32 Å². The topological polar surface area (TPSA) is 30.5 Å². The second kappa shape index (κ2) is 7.70. The number of hydrogen-bond acceptors (Lipinski definition) is 3. The molecule has 0 aromatic heterocycles. The third kappa shape index (κ3) is 11.4. The maximum absolute atomic E-state index is 5.53. The number of rotatable bonds is 7. The first-order chi connectivity index (χ1) is 6.95. The fraction of sp³-hybridized carbons (Fsp3) is 0.833. The summed E-state index contributed by atoms with van der Waals surface area (Å²) in [6, 6.07) is 0. The van der Waals surface area contributed by atoms with Crippen LogP contribution in [-0.2, 0) is 9.47 Å². The maximum atomic E-state index is 5.53. The summed E-state index contributed by atoms with van der Waals surface area (Å²) in [5.41, 5.74) is -0.0890. The van der Waals surface area contributed by atoms with E-state index in [9.17, 15) is 0 Å². The zero-order valence-corrected chi connectivity index (χ0v) is 10.3. The fourth-order valence-corrected chi connectivity index (χ4v) is 1.00. The Labute approximate surface area is 93.5 Å². The first kappa shape index (κ1) is 14.4. The summed E-state index contributed by atoms with van der Waals surface area (Å²) in [5, 5.41) is 3.09. The van der Waals surface area contributed by atoms with Gasteiger partial charge in [0.15, 0.2) is 0 Å². The van der Waals surface area contributed by atoms with Crippen LogP contribution in [0.5, 0.6) is 0 Å². The Morgan fingerprint density at radius 1 is 1.33 bits per heavy atom. The first-order valence-electron chi connectivity index (χ1n) is 5.35. The normalized spacial score (nSPS) is 13.5. The molecule has 0 bridgehead atoms. The van der Waals surface area contributed by atoms with Gasteiger partial charge in [0.1, 0.15) is 0 Å². The van der Waals surface area contributed by atoms with Crippen LogP contribution in [0.4, 0.5) is 0 Å². The van der Waals surface area contributed by atoms with Crippen LogP contribution >= 0.6 is 0 Å². The minimum absolute atomic E-state index is 0.0890. The quantitative estimate of drug-likeness (QED) is 0.512. The molecule has 88 valence electrons. The molecule has 0 radical (unpaired) electrons. The van der Waals surface area contributed by atoms with Gasteiger partial charge in [-0.2, -0.15) is 0 Å². The molecule has 1 N–H and O–H groups in total. The molecular weight excluding hydrogens is 190 g/mol. The van der Waals surface area contributed by atoms with Crippen molar-refractivity contribution >= 4 is 0 Å². The Bertz CT molecular complexity index is 191. The summed E-state index contributed by atoms with van der Waals surface area (Å²) >= 11 is 0. The van der Waals surface area contributed by atoms with Crippen molar-refractivity contribution in [1.29, 1.82) is 0 Å². The number of ether oxygens (including phenoxy) is 2. The average Bonchev–Trinajstić information content (AvgIpc) is 2.11. The van der Waals surface area contributed by atoms with Crippen molar-refractivity contribution in [2.24, 2.45) is 0 Å². The van der Waals surface area contributed by atoms with E-state index >= 15 is 0 Å². The van der Waals surface area contributed by atoms with Gasteiger partial charge in [0.05, 0.1) is 31.5 Å². The van der Waals surface area contributed by atoms with Gasteiger partial charge in [-0.05, 0) is 27.7 Å². The molecule has 1 unspecified atom stereocenters. The SMILES string of the molecule is C#CCNCC(C)OCCOC(C)(C)C. The molecule has 0 aliphatic heterocycles. The molecule has 3 nitrogen and oxygen atoms in total. The fourth-order valence-electron chi connectivity index (χ4n) is 1.00. The van der Waals surface area contributed by atoms with Gasteiger partial charge in [0, 0.05) is 6.54 Å². The van der Waals surface area contributed by atoms with Crippen LogP contribution in [0.1, 0.15) is 27.7 Å². The average molecular weight is 213 g/mol. The monoisotopic (exact) mass is 213 g/mol. The number of nitrogens with one attached hydrogen (secondary N) is 1. The summed E-state index contributed by atoms with van der Waals surface area (Å²) in [7, 11) is 0. The molecule has 3 heteroatoms. The minimum atomic E-state index is -0.0890. The molecule has 0 heterocycles. The van der Waals surface area contributed by atoms with Gasteiger partial charge >= 0.3 is 0 Å². The van der Waals surface area contributed by atoms with Gasteiger partial charge in [0.2, 0.25) is 0 Å². The second-order valence-corrected chi connectivity index (χ2v) is 4.48. The van der Waals surface area contributed by atoms with Crippen molar-refractivity contribution in [3.05, 3.63) is 0 Å². The van der Waals surface area contributed by atoms with E-state index in [-0.39, 0.29) is 11.7 Å². The van der Waals surface area contributed by atoms with Crippen LogP contribution in [0.25, 0.3) is 0 Å². The minimum Gasteiger partial charge on any atom is -0.375 e. The predicted molar refractivity (Wildman–Crippen MR) is 62.8 cm³/mol. The molecule has 0 saturated carbocycles. The van der Waals surface area contributed by atoms with Crippen LogP contribution in [0.15, 0.2) is 0 Å². The van der Waals surface area contributed by atoms with E-state index in [4.69, 9.17) is 15.9 Å². The summed E-state index contributed by atoms with van der Waals surface area (Å²) in [6.45, 7) is 10.7. The molecule has 0 fully saturated rings. The molecule has 0 aliphatic carbocycles. The molecule has 0 aliphatic rings. The third-order valence-corrected chi connectivity index (χ3v) is 1.68. The number of hydrogen-bond donors (Lipinski definition) is 1. The Hall–Kier alpha value is -0.560. The van der Waals surface area contributed by atoms with E-state index in [1.165, 1.54) is 0 Å². The Morgan fingerprint density at radius 3 is 2.53 bits per heavy atom. The highest BCUT2D eigenvalue weighted by Gasteiger charge is 2.09. The molecule has 0 spiro atoms. The van der Waals surface area contributed by atoms with Crippen molar-refractivity contribution in [2.75, 3.05) is 26.3 Å². The van der Waals surface area contributed by atoms with Crippen molar-refractivity contribution in [2.45, 2.75) is 39.4 Å². The van der Waals surface area contributed by atoms with Gasteiger partial charge in [-0.1, -0.05) is 5.92 Å². The molecule has 0 amide bonds. The van der Waals surface area contributed by atoms with Gasteiger partial charge in [-0.3, -0.25) is 0 Å². The van der Waals surface area contributed by atoms with E-state index < -0.39 is 0 Å². The van der Waals surface area contributed by atoms with Crippen molar-refractivity contribution < 1.29 is 9.47 Å². The summed E-state index contributed by atoms with van der Waals surface area (Å²) in [6.07, 6.45) is 5.28. The van der Waals surface area contributed by atoms with E-state index in [0.29, 0.717) is 19.8 Å². The predicted octanol–water partition coefficient (Wildman–Crippen LogP) is 1.43. The summed E-state index contributed by atoms with van der Waals surface area (Å²) in [5.74, 6) is 2.52. The third-order valence-electron chi connectivity index (χ3n) is 1.68. The molecule has 0 saturated heterocycles. The lowest BCUT2D eigenvalue weighted by Gasteiger charge is -2.20. The largest absolute Gasteiger partial charge is 0.375 e. The summed E-state index contributed by atoms with van der Waals surface area (Å²) < 4.78 is 11.1. The zero-order valence-electron chi connectivity index (χ0n) is 10.3. The van der Waals surface area contributed by atoms with Gasteiger partial charge in [-0.25, -0.2) is 0 Å². The molecular formula is C12H23NO2. The maximum Gasteiger partial charge on any atom is 0.0707 e. The van der Waals surface area contributed by atoms with Crippen molar-refractivity contribution in [3.8, 4) is 12.3 Å². The highest BCUT2D eigenvalue weighted by molar-refractivity contribution is 4.86. The molecule has 0 rings (SSSR count). The standard InChI is InChI=1S/C12H23NO2/c1-6-7-13-10-11(2)14-8-9-15-12(3,4)5/h1,11,13H,7-10H2,2-5H3. The molecule has 0 aromatic rings. The highest BCUT2D eigenvalue weighted by Crippen LogP contribution is 2.05. The lowest BCUT2D eigenvalue weighted by Crippen LogP contribution is -2.29. The smallest absolute Gasteiger partial charge is 0.0707 e. The summed E-state index contributed by atoms with van der Waals surface area (Å²) in [4.78, 5) is 0. The van der Waals surface area contributed by atoms with Crippen molar-refractivity contribution in [3.63, 3.8) is 0 Å². The Kier molecular flexibility index (Phi) is 7.41. The van der Waals surface area contributed by atoms with Gasteiger partial charge < -0.3 is 14.8 Å². The molecule has 0 aromatic carbocycles. The highest BCUT2D eigenvalue weighted by atomic mass is 16.5. The second-order valence-electron chi connectivity index (χ2n) is 4.48. The van der Waals surface area contributed by atoms with Crippen LogP contribution in [0, 0.1) is 12.3 Å².